The lowest BCUT2D eigenvalue weighted by Crippen LogP contribution is -2.40. The minimum absolute atomic E-state index is 0.513. The molecule has 2 rings (SSSR count). The molecule has 3 unspecified atom stereocenters. The molecule has 0 aliphatic heterocycles. The molecule has 1 aromatic carbocycles. The first kappa shape index (κ1) is 13.6. The average Bonchev–Trinajstić information content (AvgIpc) is 2.82. The topological polar surface area (TPSA) is 38.0 Å². The van der Waals surface area contributed by atoms with Crippen molar-refractivity contribution in [1.29, 1.82) is 0 Å². The fraction of sp³-hybridized carbons (Fsp3) is 0.625. The van der Waals surface area contributed by atoms with Crippen LogP contribution in [-0.4, -0.2) is 6.04 Å². The third-order valence-electron chi connectivity index (χ3n) is 4.34. The van der Waals surface area contributed by atoms with E-state index >= 15 is 0 Å². The van der Waals surface area contributed by atoms with E-state index < -0.39 is 0 Å². The number of hydrogen-bond acceptors (Lipinski definition) is 2. The predicted molar refractivity (Wildman–Crippen MR) is 77.0 cm³/mol. The van der Waals surface area contributed by atoms with Gasteiger partial charge in [0, 0.05) is 6.04 Å². The molecular formula is C16H26N2. The Kier molecular flexibility index (Phi) is 5.21. The average molecular weight is 246 g/mol. The summed E-state index contributed by atoms with van der Waals surface area (Å²) in [6.45, 7) is 2.36. The third-order valence-corrected chi connectivity index (χ3v) is 4.34. The molecule has 0 saturated heterocycles. The SMILES string of the molecule is CC1CCC(C(CCCc2ccccc2)NN)C1. The Balaban J connectivity index is 1.74. The highest BCUT2D eigenvalue weighted by Gasteiger charge is 2.27. The van der Waals surface area contributed by atoms with Crippen molar-refractivity contribution in [3.63, 3.8) is 0 Å². The molecule has 1 aromatic rings. The second kappa shape index (κ2) is 6.91. The summed E-state index contributed by atoms with van der Waals surface area (Å²) in [7, 11) is 0. The van der Waals surface area contributed by atoms with Gasteiger partial charge in [-0.15, -0.1) is 0 Å². The van der Waals surface area contributed by atoms with E-state index in [1.165, 1.54) is 44.1 Å². The van der Waals surface area contributed by atoms with Crippen molar-refractivity contribution in [3.05, 3.63) is 35.9 Å². The minimum Gasteiger partial charge on any atom is -0.271 e. The van der Waals surface area contributed by atoms with Gasteiger partial charge in [0.25, 0.3) is 0 Å². The van der Waals surface area contributed by atoms with E-state index in [1.54, 1.807) is 0 Å². The van der Waals surface area contributed by atoms with Crippen molar-refractivity contribution in [2.24, 2.45) is 17.7 Å². The van der Waals surface area contributed by atoms with Crippen LogP contribution < -0.4 is 11.3 Å². The summed E-state index contributed by atoms with van der Waals surface area (Å²) in [4.78, 5) is 0. The van der Waals surface area contributed by atoms with Crippen LogP contribution in [0.2, 0.25) is 0 Å². The lowest BCUT2D eigenvalue weighted by atomic mass is 9.92. The van der Waals surface area contributed by atoms with Crippen molar-refractivity contribution in [2.75, 3.05) is 0 Å². The van der Waals surface area contributed by atoms with Crippen LogP contribution in [0.3, 0.4) is 0 Å². The number of benzene rings is 1. The first-order valence-corrected chi connectivity index (χ1v) is 7.29. The molecule has 2 heteroatoms. The van der Waals surface area contributed by atoms with Gasteiger partial charge in [0.2, 0.25) is 0 Å². The molecule has 0 aromatic heterocycles. The van der Waals surface area contributed by atoms with Crippen LogP contribution in [-0.2, 0) is 6.42 Å². The fourth-order valence-corrected chi connectivity index (χ4v) is 3.24. The molecule has 3 N–H and O–H groups in total. The summed E-state index contributed by atoms with van der Waals surface area (Å²) in [5.41, 5.74) is 4.49. The van der Waals surface area contributed by atoms with Crippen LogP contribution in [0.15, 0.2) is 30.3 Å². The van der Waals surface area contributed by atoms with Crippen LogP contribution in [0.5, 0.6) is 0 Å². The van der Waals surface area contributed by atoms with Crippen LogP contribution in [0, 0.1) is 11.8 Å². The molecule has 0 spiro atoms. The van der Waals surface area contributed by atoms with Gasteiger partial charge in [-0.2, -0.15) is 0 Å². The summed E-state index contributed by atoms with van der Waals surface area (Å²) >= 11 is 0. The maximum Gasteiger partial charge on any atom is 0.0239 e. The lowest BCUT2D eigenvalue weighted by molar-refractivity contribution is 0.331. The number of hydrogen-bond donors (Lipinski definition) is 2. The monoisotopic (exact) mass is 246 g/mol. The largest absolute Gasteiger partial charge is 0.271 e. The van der Waals surface area contributed by atoms with Gasteiger partial charge in [-0.3, -0.25) is 11.3 Å². The molecule has 1 aliphatic rings. The van der Waals surface area contributed by atoms with Gasteiger partial charge in [0.15, 0.2) is 0 Å². The van der Waals surface area contributed by atoms with E-state index in [-0.39, 0.29) is 0 Å². The smallest absolute Gasteiger partial charge is 0.0239 e. The Labute approximate surface area is 111 Å². The van der Waals surface area contributed by atoms with Crippen molar-refractivity contribution in [1.82, 2.24) is 5.43 Å². The maximum atomic E-state index is 5.73. The molecule has 1 saturated carbocycles. The molecule has 100 valence electrons. The molecule has 0 amide bonds. The minimum atomic E-state index is 0.513. The zero-order valence-corrected chi connectivity index (χ0v) is 11.4. The van der Waals surface area contributed by atoms with Gasteiger partial charge >= 0.3 is 0 Å². The van der Waals surface area contributed by atoms with Crippen molar-refractivity contribution in [3.8, 4) is 0 Å². The van der Waals surface area contributed by atoms with Gasteiger partial charge in [0.1, 0.15) is 0 Å². The van der Waals surface area contributed by atoms with Crippen LogP contribution >= 0.6 is 0 Å². The zero-order valence-electron chi connectivity index (χ0n) is 11.4. The number of rotatable bonds is 6. The summed E-state index contributed by atoms with van der Waals surface area (Å²) in [6.07, 6.45) is 7.66. The van der Waals surface area contributed by atoms with Gasteiger partial charge in [-0.1, -0.05) is 43.7 Å². The first-order valence-electron chi connectivity index (χ1n) is 7.29. The van der Waals surface area contributed by atoms with Crippen molar-refractivity contribution >= 4 is 0 Å². The Morgan fingerprint density at radius 1 is 1.28 bits per heavy atom. The standard InChI is InChI=1S/C16H26N2/c1-13-10-11-15(12-13)16(18-17)9-5-8-14-6-3-2-4-7-14/h2-4,6-7,13,15-16,18H,5,8-12,17H2,1H3. The molecule has 1 aliphatic carbocycles. The number of nitrogens with one attached hydrogen (secondary N) is 1. The highest BCUT2D eigenvalue weighted by molar-refractivity contribution is 5.14. The molecule has 0 bridgehead atoms. The normalized spacial score (nSPS) is 25.2. The van der Waals surface area contributed by atoms with E-state index in [0.29, 0.717) is 6.04 Å². The number of hydrazine groups is 1. The zero-order chi connectivity index (χ0) is 12.8. The van der Waals surface area contributed by atoms with Gasteiger partial charge in [-0.25, -0.2) is 0 Å². The van der Waals surface area contributed by atoms with Crippen LogP contribution in [0.1, 0.15) is 44.6 Å². The Hall–Kier alpha value is -0.860. The molecule has 0 heterocycles. The Morgan fingerprint density at radius 3 is 2.67 bits per heavy atom. The van der Waals surface area contributed by atoms with Gasteiger partial charge < -0.3 is 0 Å². The molecule has 1 fully saturated rings. The van der Waals surface area contributed by atoms with E-state index in [2.05, 4.69) is 42.7 Å². The second-order valence-corrected chi connectivity index (χ2v) is 5.83. The van der Waals surface area contributed by atoms with Gasteiger partial charge in [-0.05, 0) is 49.5 Å². The quantitative estimate of drug-likeness (QED) is 0.597. The highest BCUT2D eigenvalue weighted by Crippen LogP contribution is 2.33. The second-order valence-electron chi connectivity index (χ2n) is 5.83. The Bertz CT molecular complexity index is 336. The lowest BCUT2D eigenvalue weighted by Gasteiger charge is -2.22. The van der Waals surface area contributed by atoms with Crippen molar-refractivity contribution < 1.29 is 0 Å². The molecule has 18 heavy (non-hydrogen) atoms. The number of nitrogens with two attached hydrogens (primary N) is 1. The Morgan fingerprint density at radius 2 is 2.06 bits per heavy atom. The fourth-order valence-electron chi connectivity index (χ4n) is 3.24. The molecule has 0 radical (unpaired) electrons. The maximum absolute atomic E-state index is 5.73. The highest BCUT2D eigenvalue weighted by atomic mass is 15.2. The third kappa shape index (κ3) is 3.82. The molecular weight excluding hydrogens is 220 g/mol. The molecule has 2 nitrogen and oxygen atoms in total. The summed E-state index contributed by atoms with van der Waals surface area (Å²) < 4.78 is 0. The van der Waals surface area contributed by atoms with Crippen molar-refractivity contribution in [2.45, 2.75) is 51.5 Å². The predicted octanol–water partition coefficient (Wildman–Crippen LogP) is 3.28. The van der Waals surface area contributed by atoms with Gasteiger partial charge in [0.05, 0.1) is 0 Å². The summed E-state index contributed by atoms with van der Waals surface area (Å²) in [5.74, 6) is 7.41. The van der Waals surface area contributed by atoms with Crippen LogP contribution in [0.4, 0.5) is 0 Å². The summed E-state index contributed by atoms with van der Waals surface area (Å²) in [6, 6.07) is 11.2. The first-order chi connectivity index (χ1) is 8.79. The number of aryl methyl sites for hydroxylation is 1. The van der Waals surface area contributed by atoms with E-state index in [0.717, 1.165) is 11.8 Å². The molecule has 3 atom stereocenters. The van der Waals surface area contributed by atoms with E-state index in [9.17, 15) is 0 Å². The summed E-state index contributed by atoms with van der Waals surface area (Å²) in [5, 5.41) is 0. The van der Waals surface area contributed by atoms with Crippen LogP contribution in [0.25, 0.3) is 0 Å². The van der Waals surface area contributed by atoms with E-state index in [4.69, 9.17) is 5.84 Å². The van der Waals surface area contributed by atoms with E-state index in [1.807, 2.05) is 0 Å².